The van der Waals surface area contributed by atoms with Crippen LogP contribution in [0.4, 0.5) is 15.3 Å². The van der Waals surface area contributed by atoms with E-state index in [0.717, 1.165) is 16.7 Å². The summed E-state index contributed by atoms with van der Waals surface area (Å²) < 4.78 is 12.0. The van der Waals surface area contributed by atoms with Crippen molar-refractivity contribution < 1.29 is 23.9 Å². The first-order valence-electron chi connectivity index (χ1n) is 13.2. The number of carbonyl (C=O) groups is 3. The van der Waals surface area contributed by atoms with Gasteiger partial charge in [0.05, 0.1) is 11.4 Å². The molecule has 0 aliphatic heterocycles. The lowest BCUT2D eigenvalue weighted by Gasteiger charge is -2.29. The molecule has 9 nitrogen and oxygen atoms in total. The zero-order valence-electron chi connectivity index (χ0n) is 24.1. The normalized spacial score (nSPS) is 12.9. The van der Waals surface area contributed by atoms with Gasteiger partial charge in [-0.3, -0.25) is 4.79 Å². The molecule has 1 heterocycles. The first-order chi connectivity index (χ1) is 19.2. The second kappa shape index (κ2) is 13.4. The van der Waals surface area contributed by atoms with Gasteiger partial charge in [-0.25, -0.2) is 9.59 Å². The van der Waals surface area contributed by atoms with Gasteiger partial charge in [0, 0.05) is 11.3 Å². The number of hydrogen-bond donors (Lipinski definition) is 2. The number of rotatable bonds is 9. The highest BCUT2D eigenvalue weighted by Gasteiger charge is 2.36. The van der Waals surface area contributed by atoms with Gasteiger partial charge in [-0.1, -0.05) is 42.5 Å². The average molecular weight is 604 g/mol. The molecule has 220 valence electrons. The molecule has 0 aliphatic rings. The minimum Gasteiger partial charge on any atom is -0.445 e. The number of alkyl halides is 2. The summed E-state index contributed by atoms with van der Waals surface area (Å²) in [6, 6.07) is 16.3. The van der Waals surface area contributed by atoms with Crippen LogP contribution in [0.1, 0.15) is 57.5 Å². The van der Waals surface area contributed by atoms with E-state index in [9.17, 15) is 14.4 Å². The Kier molecular flexibility index (Phi) is 10.4. The van der Waals surface area contributed by atoms with Crippen LogP contribution in [0.15, 0.2) is 54.6 Å². The highest BCUT2D eigenvalue weighted by molar-refractivity contribution is 6.44. The van der Waals surface area contributed by atoms with E-state index in [-0.39, 0.29) is 19.4 Å². The van der Waals surface area contributed by atoms with Gasteiger partial charge in [0.15, 0.2) is 0 Å². The fourth-order valence-electron chi connectivity index (χ4n) is 4.15. The number of alkyl carbamates (subject to hydrolysis) is 1. The molecule has 2 aromatic carbocycles. The second-order valence-electron chi connectivity index (χ2n) is 10.9. The number of anilines is 1. The molecule has 0 bridgehead atoms. The quantitative estimate of drug-likeness (QED) is 0.251. The van der Waals surface area contributed by atoms with Crippen molar-refractivity contribution in [2.75, 3.05) is 5.32 Å². The average Bonchev–Trinajstić information content (AvgIpc) is 3.20. The van der Waals surface area contributed by atoms with Gasteiger partial charge >= 0.3 is 12.2 Å². The van der Waals surface area contributed by atoms with Crippen LogP contribution in [0.5, 0.6) is 0 Å². The summed E-state index contributed by atoms with van der Waals surface area (Å²) in [5, 5.41) is 9.90. The second-order valence-corrected chi connectivity index (χ2v) is 12.2. The number of hydrogen-bond acceptors (Lipinski definition) is 6. The predicted octanol–water partition coefficient (Wildman–Crippen LogP) is 7.16. The molecule has 3 aromatic rings. The van der Waals surface area contributed by atoms with Gasteiger partial charge in [0.1, 0.15) is 22.6 Å². The Morgan fingerprint density at radius 2 is 1.61 bits per heavy atom. The molecule has 0 radical (unpaired) electrons. The van der Waals surface area contributed by atoms with Crippen LogP contribution in [-0.4, -0.2) is 43.9 Å². The lowest BCUT2D eigenvalue weighted by Crippen LogP contribution is -2.55. The molecular formula is C30H36Cl2N4O5. The highest BCUT2D eigenvalue weighted by Crippen LogP contribution is 2.29. The molecule has 0 aliphatic carbocycles. The van der Waals surface area contributed by atoms with Crippen LogP contribution in [0.3, 0.4) is 0 Å². The number of amides is 2. The number of aromatic nitrogens is 2. The Morgan fingerprint density at radius 1 is 0.976 bits per heavy atom. The molecule has 0 unspecified atom stereocenters. The van der Waals surface area contributed by atoms with Gasteiger partial charge in [-0.15, -0.1) is 23.2 Å². The molecular weight excluding hydrogens is 567 g/mol. The van der Waals surface area contributed by atoms with Crippen LogP contribution in [0.2, 0.25) is 0 Å². The summed E-state index contributed by atoms with van der Waals surface area (Å²) in [5.41, 5.74) is 2.21. The minimum atomic E-state index is -1.35. The number of ether oxygens (including phenoxy) is 2. The Labute approximate surface area is 250 Å². The fraction of sp³-hybridized carbons (Fsp3) is 0.400. The van der Waals surface area contributed by atoms with Crippen molar-refractivity contribution in [1.82, 2.24) is 15.1 Å². The van der Waals surface area contributed by atoms with Crippen LogP contribution >= 0.6 is 23.2 Å². The van der Waals surface area contributed by atoms with Crippen LogP contribution < -0.4 is 10.6 Å². The summed E-state index contributed by atoms with van der Waals surface area (Å²) in [5.74, 6) is -0.457. The van der Waals surface area contributed by atoms with E-state index >= 15 is 0 Å². The molecule has 3 rings (SSSR count). The largest absolute Gasteiger partial charge is 0.445 e. The molecule has 0 saturated heterocycles. The lowest BCUT2D eigenvalue weighted by atomic mass is 9.94. The summed E-state index contributed by atoms with van der Waals surface area (Å²) in [4.78, 5) is 37.9. The molecule has 2 N–H and O–H groups in total. The van der Waals surface area contributed by atoms with Crippen LogP contribution in [-0.2, 0) is 20.9 Å². The van der Waals surface area contributed by atoms with Crippen molar-refractivity contribution in [1.29, 1.82) is 0 Å². The van der Waals surface area contributed by atoms with Gasteiger partial charge in [-0.2, -0.15) is 9.78 Å². The SMILES string of the molecule is Cc1nn(C(=O)OC(C)(C)C)c(C)c1-c1ccc(NC(=O)[C@](C)(CCC(Cl)Cl)NC(=O)OCc2ccccc2)cc1. The maximum absolute atomic E-state index is 13.4. The molecule has 1 aromatic heterocycles. The number of nitrogens with one attached hydrogen (secondary N) is 2. The zero-order chi connectivity index (χ0) is 30.4. The van der Waals surface area contributed by atoms with Gasteiger partial charge in [0.25, 0.3) is 0 Å². The Hall–Kier alpha value is -3.56. The summed E-state index contributed by atoms with van der Waals surface area (Å²) >= 11 is 11.9. The predicted molar refractivity (Wildman–Crippen MR) is 160 cm³/mol. The molecule has 2 amide bonds. The maximum Gasteiger partial charge on any atom is 0.435 e. The van der Waals surface area contributed by atoms with E-state index in [1.165, 1.54) is 4.68 Å². The van der Waals surface area contributed by atoms with Crippen molar-refractivity contribution in [3.63, 3.8) is 0 Å². The monoisotopic (exact) mass is 602 g/mol. The summed E-state index contributed by atoms with van der Waals surface area (Å²) in [6.07, 6.45) is -0.850. The Bertz CT molecular complexity index is 1370. The van der Waals surface area contributed by atoms with Gasteiger partial charge in [-0.05, 0) is 77.6 Å². The first-order valence-corrected chi connectivity index (χ1v) is 14.0. The van der Waals surface area contributed by atoms with Crippen LogP contribution in [0.25, 0.3) is 11.1 Å². The molecule has 0 spiro atoms. The van der Waals surface area contributed by atoms with Crippen molar-refractivity contribution in [3.05, 3.63) is 71.5 Å². The first kappa shape index (κ1) is 32.0. The van der Waals surface area contributed by atoms with Crippen molar-refractivity contribution in [2.24, 2.45) is 0 Å². The zero-order valence-corrected chi connectivity index (χ0v) is 25.6. The third-order valence-electron chi connectivity index (χ3n) is 6.24. The molecule has 0 fully saturated rings. The van der Waals surface area contributed by atoms with Gasteiger partial charge < -0.3 is 20.1 Å². The van der Waals surface area contributed by atoms with E-state index in [1.54, 1.807) is 46.8 Å². The van der Waals surface area contributed by atoms with Gasteiger partial charge in [0.2, 0.25) is 5.91 Å². The lowest BCUT2D eigenvalue weighted by molar-refractivity contribution is -0.122. The number of aryl methyl sites for hydroxylation is 1. The van der Waals surface area contributed by atoms with Crippen molar-refractivity contribution >= 4 is 47.0 Å². The number of benzene rings is 2. The third kappa shape index (κ3) is 8.96. The number of carbonyl (C=O) groups excluding carboxylic acids is 3. The molecule has 0 saturated carbocycles. The van der Waals surface area contributed by atoms with E-state index in [4.69, 9.17) is 32.7 Å². The smallest absolute Gasteiger partial charge is 0.435 e. The minimum absolute atomic E-state index is 0.0583. The standard InChI is InChI=1S/C30H36Cl2N4O5/c1-19-25(20(2)36(35-19)28(39)41-29(3,4)5)22-12-14-23(15-13-22)33-26(37)30(6,17-16-24(31)32)34-27(38)40-18-21-10-8-7-9-11-21/h7-15,24H,16-18H2,1-6H3,(H,33,37)(H,34,38)/t30-/m0/s1. The fourth-order valence-corrected chi connectivity index (χ4v) is 4.37. The molecule has 11 heteroatoms. The number of halogens is 2. The van der Waals surface area contributed by atoms with Crippen LogP contribution in [0, 0.1) is 13.8 Å². The Morgan fingerprint density at radius 3 is 2.20 bits per heavy atom. The van der Waals surface area contributed by atoms with Crippen molar-refractivity contribution in [3.8, 4) is 11.1 Å². The molecule has 1 atom stereocenters. The van der Waals surface area contributed by atoms with E-state index in [0.29, 0.717) is 17.1 Å². The highest BCUT2D eigenvalue weighted by atomic mass is 35.5. The number of nitrogens with zero attached hydrogens (tertiary/aromatic N) is 2. The topological polar surface area (TPSA) is 112 Å². The summed E-state index contributed by atoms with van der Waals surface area (Å²) in [7, 11) is 0. The summed E-state index contributed by atoms with van der Waals surface area (Å²) in [6.45, 7) is 10.6. The van der Waals surface area contributed by atoms with E-state index in [1.807, 2.05) is 49.4 Å². The van der Waals surface area contributed by atoms with Crippen molar-refractivity contribution in [2.45, 2.75) is 77.0 Å². The maximum atomic E-state index is 13.4. The van der Waals surface area contributed by atoms with E-state index in [2.05, 4.69) is 15.7 Å². The molecule has 41 heavy (non-hydrogen) atoms. The Balaban J connectivity index is 1.73. The van der Waals surface area contributed by atoms with E-state index < -0.39 is 34.1 Å². The third-order valence-corrected chi connectivity index (χ3v) is 6.68.